The van der Waals surface area contributed by atoms with E-state index in [9.17, 15) is 0 Å². The average molecular weight is 241 g/mol. The normalized spacial score (nSPS) is 12.6. The highest BCUT2D eigenvalue weighted by Crippen LogP contribution is 2.27. The van der Waals surface area contributed by atoms with E-state index in [4.69, 9.17) is 14.9 Å². The van der Waals surface area contributed by atoms with E-state index >= 15 is 0 Å². The summed E-state index contributed by atoms with van der Waals surface area (Å²) in [7, 11) is 0. The van der Waals surface area contributed by atoms with Gasteiger partial charge in [-0.15, -0.1) is 4.37 Å². The molecule has 3 N–H and O–H groups in total. The third kappa shape index (κ3) is 2.38. The van der Waals surface area contributed by atoms with E-state index in [0.29, 0.717) is 11.6 Å². The number of hydrogen-bond acceptors (Lipinski definition) is 6. The van der Waals surface area contributed by atoms with E-state index in [1.165, 1.54) is 0 Å². The molecule has 0 aromatic carbocycles. The summed E-state index contributed by atoms with van der Waals surface area (Å²) in [6, 6.07) is 1.85. The van der Waals surface area contributed by atoms with E-state index in [0.717, 1.165) is 17.3 Å². The monoisotopic (exact) mass is 241 g/mol. The number of aromatic amines is 1. The Morgan fingerprint density at radius 3 is 3.06 bits per heavy atom. The maximum Gasteiger partial charge on any atom is 0.254 e. The third-order valence-corrected chi connectivity index (χ3v) is 2.46. The molecule has 2 heterocycles. The minimum atomic E-state index is -0.902. The van der Waals surface area contributed by atoms with E-state index in [1.807, 2.05) is 6.07 Å². The number of nitrogens with one attached hydrogen (secondary N) is 1. The second-order valence-corrected chi connectivity index (χ2v) is 3.69. The first-order valence-electron chi connectivity index (χ1n) is 4.68. The third-order valence-electron chi connectivity index (χ3n) is 1.95. The molecule has 2 aromatic rings. The van der Waals surface area contributed by atoms with Gasteiger partial charge >= 0.3 is 0 Å². The fourth-order valence-electron chi connectivity index (χ4n) is 1.15. The van der Waals surface area contributed by atoms with E-state index in [1.54, 1.807) is 12.4 Å². The van der Waals surface area contributed by atoms with Crippen LogP contribution in [0.5, 0.6) is 5.88 Å². The molecule has 0 aliphatic carbocycles. The van der Waals surface area contributed by atoms with Crippen molar-refractivity contribution in [3.8, 4) is 17.1 Å². The summed E-state index contributed by atoms with van der Waals surface area (Å²) < 4.78 is 13.4. The molecule has 0 radical (unpaired) electrons. The molecule has 0 saturated heterocycles. The van der Waals surface area contributed by atoms with Crippen LogP contribution in [0.1, 0.15) is 0 Å². The molecule has 16 heavy (non-hydrogen) atoms. The molecule has 0 bridgehead atoms. The Kier molecular flexibility index (Phi) is 3.50. The first-order valence-corrected chi connectivity index (χ1v) is 5.41. The molecule has 0 fully saturated rings. The molecule has 0 saturated carbocycles. The molecule has 2 rings (SSSR count). The van der Waals surface area contributed by atoms with E-state index in [2.05, 4.69) is 13.7 Å². The van der Waals surface area contributed by atoms with Gasteiger partial charge in [0, 0.05) is 18.0 Å². The standard InChI is InChI=1S/C9H11N3O3S/c13-4-7(14)5-15-9-8(11-16-12-9)6-1-2-10-3-6/h1-3,7,10,13-14H,4-5H2. The van der Waals surface area contributed by atoms with Gasteiger partial charge in [0.25, 0.3) is 5.88 Å². The van der Waals surface area contributed by atoms with Crippen molar-refractivity contribution < 1.29 is 14.9 Å². The Morgan fingerprint density at radius 2 is 2.38 bits per heavy atom. The fraction of sp³-hybridized carbons (Fsp3) is 0.333. The number of aromatic nitrogens is 3. The smallest absolute Gasteiger partial charge is 0.254 e. The highest BCUT2D eigenvalue weighted by atomic mass is 32.1. The van der Waals surface area contributed by atoms with Crippen molar-refractivity contribution in [1.29, 1.82) is 0 Å². The molecule has 1 atom stereocenters. The van der Waals surface area contributed by atoms with Crippen molar-refractivity contribution in [3.63, 3.8) is 0 Å². The zero-order valence-electron chi connectivity index (χ0n) is 8.33. The number of hydrogen-bond donors (Lipinski definition) is 3. The molecular formula is C9H11N3O3S. The van der Waals surface area contributed by atoms with Gasteiger partial charge in [0.2, 0.25) is 0 Å². The second kappa shape index (κ2) is 5.06. The Labute approximate surface area is 95.9 Å². The Morgan fingerprint density at radius 1 is 1.50 bits per heavy atom. The molecule has 0 spiro atoms. The van der Waals surface area contributed by atoms with Gasteiger partial charge in [-0.3, -0.25) is 0 Å². The molecule has 7 heteroatoms. The van der Waals surface area contributed by atoms with E-state index in [-0.39, 0.29) is 13.2 Å². The second-order valence-electron chi connectivity index (χ2n) is 3.17. The van der Waals surface area contributed by atoms with E-state index < -0.39 is 6.10 Å². The Balaban J connectivity index is 2.08. The minimum Gasteiger partial charge on any atom is -0.473 e. The number of aliphatic hydroxyl groups excluding tert-OH is 2. The molecule has 0 aliphatic rings. The fourth-order valence-corrected chi connectivity index (χ4v) is 1.67. The Hall–Kier alpha value is -1.44. The quantitative estimate of drug-likeness (QED) is 0.698. The SMILES string of the molecule is OCC(O)COc1nsnc1-c1cc[nH]c1. The number of aliphatic hydroxyl groups is 2. The summed E-state index contributed by atoms with van der Waals surface area (Å²) in [4.78, 5) is 2.91. The molecule has 86 valence electrons. The lowest BCUT2D eigenvalue weighted by molar-refractivity contribution is 0.0526. The predicted molar refractivity (Wildman–Crippen MR) is 58.3 cm³/mol. The predicted octanol–water partition coefficient (Wildman–Crippen LogP) is 0.265. The van der Waals surface area contributed by atoms with Gasteiger partial charge in [0.05, 0.1) is 18.3 Å². The summed E-state index contributed by atoms with van der Waals surface area (Å²) in [6.45, 7) is -0.337. The summed E-state index contributed by atoms with van der Waals surface area (Å²) in [5.74, 6) is 0.372. The highest BCUT2D eigenvalue weighted by molar-refractivity contribution is 6.99. The van der Waals surface area contributed by atoms with Crippen LogP contribution in [0.3, 0.4) is 0 Å². The lowest BCUT2D eigenvalue weighted by Gasteiger charge is -2.07. The zero-order valence-corrected chi connectivity index (χ0v) is 9.15. The van der Waals surface area contributed by atoms with Crippen LogP contribution >= 0.6 is 11.7 Å². The molecule has 6 nitrogen and oxygen atoms in total. The number of H-pyrrole nitrogens is 1. The number of ether oxygens (including phenoxy) is 1. The lowest BCUT2D eigenvalue weighted by atomic mass is 10.2. The van der Waals surface area contributed by atoms with Crippen LogP contribution in [0.4, 0.5) is 0 Å². The molecule has 0 aliphatic heterocycles. The summed E-state index contributed by atoms with van der Waals surface area (Å²) >= 11 is 1.04. The molecule has 0 amide bonds. The van der Waals surface area contributed by atoms with Gasteiger partial charge in [-0.25, -0.2) is 0 Å². The van der Waals surface area contributed by atoms with Gasteiger partial charge in [-0.2, -0.15) is 4.37 Å². The van der Waals surface area contributed by atoms with Crippen LogP contribution in [0.2, 0.25) is 0 Å². The van der Waals surface area contributed by atoms with Crippen molar-refractivity contribution >= 4 is 11.7 Å². The maximum absolute atomic E-state index is 9.15. The first kappa shape index (κ1) is 11.1. The highest BCUT2D eigenvalue weighted by Gasteiger charge is 2.13. The lowest BCUT2D eigenvalue weighted by Crippen LogP contribution is -2.21. The Bertz CT molecular complexity index is 429. The van der Waals surface area contributed by atoms with Crippen molar-refractivity contribution in [1.82, 2.24) is 13.7 Å². The van der Waals surface area contributed by atoms with Crippen LogP contribution in [0.15, 0.2) is 18.5 Å². The summed E-state index contributed by atoms with van der Waals surface area (Å²) in [6.07, 6.45) is 2.66. The van der Waals surface area contributed by atoms with Crippen molar-refractivity contribution in [3.05, 3.63) is 18.5 Å². The first-order chi connectivity index (χ1) is 7.81. The zero-order chi connectivity index (χ0) is 11.4. The van der Waals surface area contributed by atoms with Crippen molar-refractivity contribution in [2.24, 2.45) is 0 Å². The molecular weight excluding hydrogens is 230 g/mol. The van der Waals surface area contributed by atoms with Gasteiger partial charge in [-0.05, 0) is 6.07 Å². The van der Waals surface area contributed by atoms with Gasteiger partial charge in [0.1, 0.15) is 18.4 Å². The number of rotatable bonds is 5. The van der Waals surface area contributed by atoms with Gasteiger partial charge in [-0.1, -0.05) is 0 Å². The minimum absolute atomic E-state index is 0.000659. The summed E-state index contributed by atoms with van der Waals surface area (Å²) in [5, 5.41) is 17.8. The van der Waals surface area contributed by atoms with Gasteiger partial charge < -0.3 is 19.9 Å². The summed E-state index contributed by atoms with van der Waals surface area (Å²) in [5.41, 5.74) is 1.51. The van der Waals surface area contributed by atoms with Gasteiger partial charge in [0.15, 0.2) is 0 Å². The van der Waals surface area contributed by atoms with Crippen LogP contribution in [-0.4, -0.2) is 43.3 Å². The van der Waals surface area contributed by atoms with Crippen LogP contribution < -0.4 is 4.74 Å². The topological polar surface area (TPSA) is 91.3 Å². The van der Waals surface area contributed by atoms with Crippen LogP contribution in [-0.2, 0) is 0 Å². The molecule has 1 unspecified atom stereocenters. The average Bonchev–Trinajstić information content (AvgIpc) is 2.95. The molecule has 2 aromatic heterocycles. The maximum atomic E-state index is 9.15. The largest absolute Gasteiger partial charge is 0.473 e. The van der Waals surface area contributed by atoms with Crippen molar-refractivity contribution in [2.45, 2.75) is 6.10 Å². The van der Waals surface area contributed by atoms with Crippen LogP contribution in [0, 0.1) is 0 Å². The number of nitrogens with zero attached hydrogens (tertiary/aromatic N) is 2. The van der Waals surface area contributed by atoms with Crippen molar-refractivity contribution in [2.75, 3.05) is 13.2 Å². The van der Waals surface area contributed by atoms with Crippen LogP contribution in [0.25, 0.3) is 11.3 Å².